The number of halogens is 1. The molecule has 4 rings (SSSR count). The molecule has 0 saturated heterocycles. The van der Waals surface area contributed by atoms with Gasteiger partial charge in [0.1, 0.15) is 29.4 Å². The number of hydrogen-bond acceptors (Lipinski definition) is 5. The van der Waals surface area contributed by atoms with E-state index in [1.807, 2.05) is 30.3 Å². The highest BCUT2D eigenvalue weighted by Gasteiger charge is 2.28. The van der Waals surface area contributed by atoms with Crippen LogP contribution in [-0.2, 0) is 21.2 Å². The summed E-state index contributed by atoms with van der Waals surface area (Å²) < 4.78 is 44.0. The Hall–Kier alpha value is -3.89. The van der Waals surface area contributed by atoms with Crippen molar-refractivity contribution in [3.05, 3.63) is 108 Å². The molecule has 1 aromatic heterocycles. The molecule has 35 heavy (non-hydrogen) atoms. The molecule has 4 aromatic rings. The Labute approximate surface area is 202 Å². The Morgan fingerprint density at radius 3 is 2.34 bits per heavy atom. The predicted molar refractivity (Wildman–Crippen MR) is 129 cm³/mol. The van der Waals surface area contributed by atoms with Gasteiger partial charge in [0, 0.05) is 0 Å². The van der Waals surface area contributed by atoms with Crippen LogP contribution in [0.5, 0.6) is 0 Å². The molecule has 0 aliphatic rings. The van der Waals surface area contributed by atoms with Gasteiger partial charge in [0.2, 0.25) is 15.9 Å². The predicted octanol–water partition coefficient (Wildman–Crippen LogP) is 3.17. The van der Waals surface area contributed by atoms with E-state index in [2.05, 4.69) is 20.1 Å². The molecule has 0 radical (unpaired) electrons. The van der Waals surface area contributed by atoms with Gasteiger partial charge in [-0.25, -0.2) is 22.5 Å². The fraction of sp³-hybridized carbons (Fsp3) is 0.160. The number of nitrogens with zero attached hydrogens (tertiary/aromatic N) is 3. The third-order valence-electron chi connectivity index (χ3n) is 5.46. The minimum atomic E-state index is -4.29. The van der Waals surface area contributed by atoms with Crippen molar-refractivity contribution in [2.24, 2.45) is 0 Å². The number of hydrogen-bond donors (Lipinski definition) is 2. The zero-order valence-electron chi connectivity index (χ0n) is 18.9. The largest absolute Gasteiger partial charge is 0.348 e. The number of aromatic nitrogens is 3. The number of benzene rings is 3. The van der Waals surface area contributed by atoms with Gasteiger partial charge in [-0.15, -0.1) is 0 Å². The van der Waals surface area contributed by atoms with E-state index in [1.165, 1.54) is 18.5 Å². The van der Waals surface area contributed by atoms with Crippen molar-refractivity contribution in [3.8, 4) is 5.69 Å². The second-order valence-electron chi connectivity index (χ2n) is 7.96. The molecule has 0 bridgehead atoms. The number of carbonyl (C=O) groups excluding carboxylic acids is 1. The average molecular weight is 494 g/mol. The molecule has 3 aromatic carbocycles. The molecule has 8 nitrogen and oxygen atoms in total. The summed E-state index contributed by atoms with van der Waals surface area (Å²) in [7, 11) is -4.29. The minimum Gasteiger partial charge on any atom is -0.348 e. The van der Waals surface area contributed by atoms with Gasteiger partial charge in [0.25, 0.3) is 0 Å². The van der Waals surface area contributed by atoms with Gasteiger partial charge in [0.05, 0.1) is 11.7 Å². The van der Waals surface area contributed by atoms with Crippen molar-refractivity contribution in [1.82, 2.24) is 24.8 Å². The Bertz CT molecular complexity index is 1380. The van der Waals surface area contributed by atoms with Crippen LogP contribution in [0.1, 0.15) is 24.1 Å². The molecule has 10 heteroatoms. The number of nitrogens with one attached hydrogen (secondary N) is 2. The summed E-state index contributed by atoms with van der Waals surface area (Å²) in [5.41, 5.74) is 2.38. The van der Waals surface area contributed by atoms with E-state index in [1.54, 1.807) is 42.2 Å². The quantitative estimate of drug-likeness (QED) is 0.373. The number of amides is 1. The molecular weight excluding hydrogens is 469 g/mol. The van der Waals surface area contributed by atoms with Crippen molar-refractivity contribution in [3.63, 3.8) is 0 Å². The Morgan fingerprint density at radius 2 is 1.69 bits per heavy atom. The molecule has 0 aliphatic heterocycles. The van der Waals surface area contributed by atoms with Crippen LogP contribution in [0, 0.1) is 5.82 Å². The van der Waals surface area contributed by atoms with Crippen LogP contribution in [0.4, 0.5) is 4.39 Å². The third-order valence-corrected chi connectivity index (χ3v) is 6.96. The van der Waals surface area contributed by atoms with Gasteiger partial charge in [-0.05, 0) is 48.7 Å². The normalized spacial score (nSPS) is 13.2. The molecule has 0 fully saturated rings. The Balaban J connectivity index is 1.53. The third kappa shape index (κ3) is 5.97. The van der Waals surface area contributed by atoms with E-state index < -0.39 is 38.7 Å². The van der Waals surface area contributed by atoms with E-state index in [-0.39, 0.29) is 6.42 Å². The lowest BCUT2D eigenvalue weighted by Gasteiger charge is -2.22. The van der Waals surface area contributed by atoms with E-state index in [0.717, 1.165) is 28.9 Å². The van der Waals surface area contributed by atoms with Gasteiger partial charge in [-0.2, -0.15) is 9.82 Å². The first kappa shape index (κ1) is 24.2. The van der Waals surface area contributed by atoms with Crippen molar-refractivity contribution in [2.75, 3.05) is 0 Å². The van der Waals surface area contributed by atoms with Crippen LogP contribution in [0.15, 0.2) is 96.4 Å². The van der Waals surface area contributed by atoms with Gasteiger partial charge >= 0.3 is 0 Å². The van der Waals surface area contributed by atoms with Crippen LogP contribution in [0.3, 0.4) is 0 Å². The fourth-order valence-electron chi connectivity index (χ4n) is 3.61. The molecule has 0 aliphatic carbocycles. The minimum absolute atomic E-state index is 0.0955. The van der Waals surface area contributed by atoms with Gasteiger partial charge < -0.3 is 5.32 Å². The topological polar surface area (TPSA) is 106 Å². The van der Waals surface area contributed by atoms with Crippen LogP contribution in [-0.4, -0.2) is 35.1 Å². The van der Waals surface area contributed by atoms with E-state index >= 15 is 0 Å². The lowest BCUT2D eigenvalue weighted by Crippen LogP contribution is -2.48. The Morgan fingerprint density at radius 1 is 1.00 bits per heavy atom. The van der Waals surface area contributed by atoms with E-state index in [4.69, 9.17) is 0 Å². The first-order valence-corrected chi connectivity index (χ1v) is 12.4. The number of rotatable bonds is 9. The van der Waals surface area contributed by atoms with E-state index in [0.29, 0.717) is 0 Å². The number of carbonyl (C=O) groups is 1. The smallest absolute Gasteiger partial charge is 0.244 e. The van der Waals surface area contributed by atoms with E-state index in [9.17, 15) is 17.6 Å². The average Bonchev–Trinajstić information content (AvgIpc) is 3.39. The first-order chi connectivity index (χ1) is 16.8. The van der Waals surface area contributed by atoms with Crippen molar-refractivity contribution in [2.45, 2.75) is 30.3 Å². The molecule has 0 saturated carbocycles. The van der Waals surface area contributed by atoms with Gasteiger partial charge in [-0.1, -0.05) is 54.6 Å². The highest BCUT2D eigenvalue weighted by Crippen LogP contribution is 2.18. The monoisotopic (exact) mass is 493 g/mol. The summed E-state index contributed by atoms with van der Waals surface area (Å²) in [5.74, 6) is -1.42. The molecular formula is C25H24FN5O3S. The SMILES string of the molecule is CC(NC(=O)C(Cc1ccccc1)NS(=O)(=O)c1ccccc1F)c1ccc(-n2cncn2)cc1. The standard InChI is InChI=1S/C25H24FN5O3S/c1-18(20-11-13-21(14-12-20)31-17-27-16-28-31)29-25(32)23(15-19-7-3-2-4-8-19)30-35(33,34)24-10-6-5-9-22(24)26/h2-14,16-18,23,30H,15H2,1H3,(H,29,32). The summed E-state index contributed by atoms with van der Waals surface area (Å²) >= 11 is 0. The summed E-state index contributed by atoms with van der Waals surface area (Å²) in [4.78, 5) is 16.6. The van der Waals surface area contributed by atoms with Crippen LogP contribution in [0.2, 0.25) is 0 Å². The zero-order chi connectivity index (χ0) is 24.8. The molecule has 180 valence electrons. The van der Waals surface area contributed by atoms with Crippen LogP contribution < -0.4 is 10.0 Å². The van der Waals surface area contributed by atoms with Crippen LogP contribution >= 0.6 is 0 Å². The molecule has 1 heterocycles. The fourth-order valence-corrected chi connectivity index (χ4v) is 4.88. The van der Waals surface area contributed by atoms with Crippen molar-refractivity contribution in [1.29, 1.82) is 0 Å². The highest BCUT2D eigenvalue weighted by molar-refractivity contribution is 7.89. The summed E-state index contributed by atoms with van der Waals surface area (Å²) in [5, 5.41) is 6.95. The Kier molecular flexibility index (Phi) is 7.33. The lowest BCUT2D eigenvalue weighted by molar-refractivity contribution is -0.123. The maximum absolute atomic E-state index is 14.2. The first-order valence-electron chi connectivity index (χ1n) is 10.9. The summed E-state index contributed by atoms with van der Waals surface area (Å²) in [6.45, 7) is 1.80. The molecule has 2 atom stereocenters. The molecule has 0 spiro atoms. The lowest BCUT2D eigenvalue weighted by atomic mass is 10.0. The van der Waals surface area contributed by atoms with Crippen molar-refractivity contribution >= 4 is 15.9 Å². The molecule has 2 N–H and O–H groups in total. The zero-order valence-corrected chi connectivity index (χ0v) is 19.7. The van der Waals surface area contributed by atoms with Gasteiger partial charge in [-0.3, -0.25) is 4.79 Å². The second-order valence-corrected chi connectivity index (χ2v) is 9.64. The number of sulfonamides is 1. The molecule has 1 amide bonds. The highest BCUT2D eigenvalue weighted by atomic mass is 32.2. The molecule has 2 unspecified atom stereocenters. The summed E-state index contributed by atoms with van der Waals surface area (Å²) in [6, 6.07) is 19.9. The maximum Gasteiger partial charge on any atom is 0.244 e. The second kappa shape index (κ2) is 10.6. The summed E-state index contributed by atoms with van der Waals surface area (Å²) in [6.07, 6.45) is 3.11. The van der Waals surface area contributed by atoms with Crippen LogP contribution in [0.25, 0.3) is 5.69 Å². The van der Waals surface area contributed by atoms with Crippen molar-refractivity contribution < 1.29 is 17.6 Å². The van der Waals surface area contributed by atoms with Gasteiger partial charge in [0.15, 0.2) is 0 Å². The maximum atomic E-state index is 14.2.